The summed E-state index contributed by atoms with van der Waals surface area (Å²) in [7, 11) is 1.22. The molecule has 1 saturated heterocycles. The van der Waals surface area contributed by atoms with Gasteiger partial charge in [-0.05, 0) is 54.7 Å². The summed E-state index contributed by atoms with van der Waals surface area (Å²) in [5.41, 5.74) is 1.25. The van der Waals surface area contributed by atoms with Crippen molar-refractivity contribution in [3.05, 3.63) is 68.2 Å². The lowest BCUT2D eigenvalue weighted by atomic mass is 9.69. The fourth-order valence-corrected chi connectivity index (χ4v) is 4.55. The first kappa shape index (κ1) is 21.5. The molecule has 1 aliphatic carbocycles. The van der Waals surface area contributed by atoms with Gasteiger partial charge in [-0.3, -0.25) is 10.1 Å². The third-order valence-corrected chi connectivity index (χ3v) is 6.04. The zero-order chi connectivity index (χ0) is 22.0. The number of benzene rings is 2. The Bertz CT molecular complexity index is 1010. The van der Waals surface area contributed by atoms with E-state index < -0.39 is 22.6 Å². The summed E-state index contributed by atoms with van der Waals surface area (Å²) < 4.78 is 22.4. The standard InChI is InChI=1S/C22H22ClNO7/c1-28-20(25)15-4-7-19(18(12-15)24(26)27)31-13-22(21-29-9-10-30-21)8-2-3-14-11-16(23)5-6-17(14)22/h4-7,11-12,21H,2-3,8-10,13H2,1H3/t22-/m0/s1. The summed E-state index contributed by atoms with van der Waals surface area (Å²) in [4.78, 5) is 22.8. The maximum absolute atomic E-state index is 11.8. The molecule has 4 rings (SSSR count). The highest BCUT2D eigenvalue weighted by Gasteiger charge is 2.48. The Kier molecular flexibility index (Phi) is 6.13. The van der Waals surface area contributed by atoms with Gasteiger partial charge in [0, 0.05) is 11.1 Å². The SMILES string of the molecule is COC(=O)c1ccc(OC[C@@]2(C3OCCO3)CCCc3cc(Cl)ccc32)c([N+](=O)[O-])c1. The Hall–Kier alpha value is -2.68. The first-order chi connectivity index (χ1) is 14.9. The Morgan fingerprint density at radius 2 is 2.03 bits per heavy atom. The molecule has 0 aromatic heterocycles. The van der Waals surface area contributed by atoms with Crippen molar-refractivity contribution in [2.24, 2.45) is 0 Å². The maximum Gasteiger partial charge on any atom is 0.338 e. The number of fused-ring (bicyclic) bond motifs is 1. The van der Waals surface area contributed by atoms with Crippen molar-refractivity contribution in [3.8, 4) is 5.75 Å². The molecule has 1 heterocycles. The molecule has 0 saturated carbocycles. The molecule has 0 unspecified atom stereocenters. The average molecular weight is 448 g/mol. The Labute approximate surface area is 184 Å². The van der Waals surface area contributed by atoms with E-state index in [4.69, 9.17) is 25.8 Å². The fourth-order valence-electron chi connectivity index (χ4n) is 4.36. The van der Waals surface area contributed by atoms with Crippen LogP contribution >= 0.6 is 11.6 Å². The molecule has 1 aliphatic heterocycles. The van der Waals surface area contributed by atoms with Crippen molar-refractivity contribution in [2.45, 2.75) is 31.0 Å². The van der Waals surface area contributed by atoms with Crippen molar-refractivity contribution in [1.29, 1.82) is 0 Å². The van der Waals surface area contributed by atoms with E-state index in [1.807, 2.05) is 18.2 Å². The van der Waals surface area contributed by atoms with Crippen LogP contribution in [-0.4, -0.2) is 44.1 Å². The van der Waals surface area contributed by atoms with Gasteiger partial charge < -0.3 is 18.9 Å². The van der Waals surface area contributed by atoms with Crippen molar-refractivity contribution in [1.82, 2.24) is 0 Å². The zero-order valence-corrected chi connectivity index (χ0v) is 17.7. The number of carbonyl (C=O) groups is 1. The van der Waals surface area contributed by atoms with Gasteiger partial charge in [0.1, 0.15) is 6.61 Å². The quantitative estimate of drug-likeness (QED) is 0.374. The van der Waals surface area contributed by atoms with E-state index in [0.717, 1.165) is 36.5 Å². The maximum atomic E-state index is 11.8. The van der Waals surface area contributed by atoms with Gasteiger partial charge in [-0.2, -0.15) is 0 Å². The van der Waals surface area contributed by atoms with Gasteiger partial charge in [0.25, 0.3) is 0 Å². The van der Waals surface area contributed by atoms with Crippen LogP contribution in [0.1, 0.15) is 34.3 Å². The number of nitro groups is 1. The van der Waals surface area contributed by atoms with Gasteiger partial charge in [0.2, 0.25) is 0 Å². The summed E-state index contributed by atoms with van der Waals surface area (Å²) in [5.74, 6) is -0.590. The molecule has 0 bridgehead atoms. The minimum Gasteiger partial charge on any atom is -0.486 e. The number of hydrogen-bond acceptors (Lipinski definition) is 7. The highest BCUT2D eigenvalue weighted by Crippen LogP contribution is 2.44. The molecular formula is C22H22ClNO7. The van der Waals surface area contributed by atoms with E-state index in [-0.39, 0.29) is 23.6 Å². The molecule has 0 radical (unpaired) electrons. The van der Waals surface area contributed by atoms with E-state index in [1.54, 1.807) is 0 Å². The molecule has 0 N–H and O–H groups in total. The molecule has 1 fully saturated rings. The minimum atomic E-state index is -0.656. The smallest absolute Gasteiger partial charge is 0.338 e. The molecule has 164 valence electrons. The van der Waals surface area contributed by atoms with Crippen LogP contribution in [0.15, 0.2) is 36.4 Å². The van der Waals surface area contributed by atoms with E-state index >= 15 is 0 Å². The topological polar surface area (TPSA) is 97.1 Å². The Morgan fingerprint density at radius 3 is 2.74 bits per heavy atom. The molecule has 0 amide bonds. The molecule has 8 nitrogen and oxygen atoms in total. The van der Waals surface area contributed by atoms with Gasteiger partial charge in [-0.15, -0.1) is 0 Å². The highest BCUT2D eigenvalue weighted by molar-refractivity contribution is 6.30. The van der Waals surface area contributed by atoms with E-state index in [2.05, 4.69) is 4.74 Å². The lowest BCUT2D eigenvalue weighted by Gasteiger charge is -2.41. The molecule has 0 spiro atoms. The van der Waals surface area contributed by atoms with E-state index in [0.29, 0.717) is 18.2 Å². The number of nitro benzene ring substituents is 1. The average Bonchev–Trinajstić information content (AvgIpc) is 3.32. The van der Waals surface area contributed by atoms with Gasteiger partial charge in [0.05, 0.1) is 36.2 Å². The van der Waals surface area contributed by atoms with Crippen LogP contribution in [0, 0.1) is 10.1 Å². The first-order valence-corrected chi connectivity index (χ1v) is 10.3. The van der Waals surface area contributed by atoms with Crippen molar-refractivity contribution >= 4 is 23.3 Å². The number of carbonyl (C=O) groups excluding carboxylic acids is 1. The second kappa shape index (κ2) is 8.82. The predicted molar refractivity (Wildman–Crippen MR) is 112 cm³/mol. The number of nitrogens with zero attached hydrogens (tertiary/aromatic N) is 1. The second-order valence-corrected chi connectivity index (χ2v) is 8.04. The van der Waals surface area contributed by atoms with Crippen LogP contribution in [0.5, 0.6) is 5.75 Å². The van der Waals surface area contributed by atoms with Gasteiger partial charge in [-0.1, -0.05) is 17.7 Å². The Morgan fingerprint density at radius 1 is 1.26 bits per heavy atom. The minimum absolute atomic E-state index is 0.0658. The van der Waals surface area contributed by atoms with Gasteiger partial charge in [0.15, 0.2) is 12.0 Å². The second-order valence-electron chi connectivity index (χ2n) is 7.60. The molecule has 31 heavy (non-hydrogen) atoms. The lowest BCUT2D eigenvalue weighted by molar-refractivity contribution is -0.386. The largest absolute Gasteiger partial charge is 0.486 e. The van der Waals surface area contributed by atoms with Crippen LogP contribution < -0.4 is 4.74 Å². The van der Waals surface area contributed by atoms with Gasteiger partial charge >= 0.3 is 11.7 Å². The summed E-state index contributed by atoms with van der Waals surface area (Å²) in [6.07, 6.45) is 1.96. The number of halogens is 1. The van der Waals surface area contributed by atoms with Crippen LogP contribution in [0.4, 0.5) is 5.69 Å². The number of aryl methyl sites for hydroxylation is 1. The Balaban J connectivity index is 1.69. The van der Waals surface area contributed by atoms with Crippen LogP contribution in [0.3, 0.4) is 0 Å². The predicted octanol–water partition coefficient (Wildman–Crippen LogP) is 4.06. The van der Waals surface area contributed by atoms with E-state index in [1.165, 1.54) is 19.2 Å². The number of rotatable bonds is 6. The summed E-state index contributed by atoms with van der Waals surface area (Å²) >= 11 is 6.20. The third-order valence-electron chi connectivity index (χ3n) is 5.81. The summed E-state index contributed by atoms with van der Waals surface area (Å²) in [6, 6.07) is 9.74. The lowest BCUT2D eigenvalue weighted by Crippen LogP contribution is -2.47. The van der Waals surface area contributed by atoms with Crippen LogP contribution in [0.2, 0.25) is 5.02 Å². The molecule has 9 heteroatoms. The summed E-state index contributed by atoms with van der Waals surface area (Å²) in [6.45, 7) is 1.07. The number of ether oxygens (including phenoxy) is 4. The monoisotopic (exact) mass is 447 g/mol. The van der Waals surface area contributed by atoms with Crippen LogP contribution in [-0.2, 0) is 26.0 Å². The molecule has 1 atom stereocenters. The van der Waals surface area contributed by atoms with Crippen molar-refractivity contribution in [2.75, 3.05) is 26.9 Å². The van der Waals surface area contributed by atoms with Crippen molar-refractivity contribution in [3.63, 3.8) is 0 Å². The molecule has 2 aromatic rings. The number of hydrogen-bond donors (Lipinski definition) is 0. The molecule has 2 aliphatic rings. The highest BCUT2D eigenvalue weighted by atomic mass is 35.5. The first-order valence-electron chi connectivity index (χ1n) is 9.96. The van der Waals surface area contributed by atoms with Crippen molar-refractivity contribution < 1.29 is 28.7 Å². The third kappa shape index (κ3) is 4.11. The zero-order valence-electron chi connectivity index (χ0n) is 17.0. The molecular weight excluding hydrogens is 426 g/mol. The number of esters is 1. The molecule has 2 aromatic carbocycles. The van der Waals surface area contributed by atoms with Gasteiger partial charge in [-0.25, -0.2) is 4.79 Å². The summed E-state index contributed by atoms with van der Waals surface area (Å²) in [5, 5.41) is 12.3. The van der Waals surface area contributed by atoms with Crippen LogP contribution in [0.25, 0.3) is 0 Å². The normalized spacial score (nSPS) is 20.8. The van der Waals surface area contributed by atoms with E-state index in [9.17, 15) is 14.9 Å². The number of methoxy groups -OCH3 is 1. The fraction of sp³-hybridized carbons (Fsp3) is 0.409.